The smallest absolute Gasteiger partial charge is 0.253 e. The fourth-order valence-corrected chi connectivity index (χ4v) is 5.68. The number of amides is 1. The average Bonchev–Trinajstić information content (AvgIpc) is 3.42. The van der Waals surface area contributed by atoms with Crippen molar-refractivity contribution in [2.45, 2.75) is 31.6 Å². The van der Waals surface area contributed by atoms with E-state index in [0.29, 0.717) is 11.7 Å². The molecule has 178 valence electrons. The van der Waals surface area contributed by atoms with E-state index in [4.69, 9.17) is 0 Å². The number of likely N-dealkylation sites (tertiary alicyclic amines) is 1. The van der Waals surface area contributed by atoms with Crippen molar-refractivity contribution in [2.75, 3.05) is 13.1 Å². The zero-order valence-electron chi connectivity index (χ0n) is 20.3. The van der Waals surface area contributed by atoms with Gasteiger partial charge in [0.15, 0.2) is 0 Å². The lowest BCUT2D eigenvalue weighted by molar-refractivity contribution is 0.0788. The molecule has 1 atom stereocenters. The molecule has 2 aliphatic rings. The number of hydrogen-bond acceptors (Lipinski definition) is 4. The van der Waals surface area contributed by atoms with Crippen LogP contribution in [0.1, 0.15) is 47.8 Å². The standard InChI is InChI=1S/C30H27N5O/c1-20-10-14-34(18-20)28(36)22-6-4-21(5-7-22)24-16-32-29-33-17-27(35(29)19-24)30(11-12-30)25-8-9-26-23(15-25)3-2-13-31-26/h2-9,13,15-17,19-20H,10-12,14,18H2,1H3/t20-/m0/s1. The van der Waals surface area contributed by atoms with Crippen molar-refractivity contribution < 1.29 is 4.79 Å². The highest BCUT2D eigenvalue weighted by atomic mass is 16.2. The molecule has 0 bridgehead atoms. The van der Waals surface area contributed by atoms with Crippen LogP contribution < -0.4 is 0 Å². The Morgan fingerprint density at radius 3 is 2.58 bits per heavy atom. The van der Waals surface area contributed by atoms with Crippen LogP contribution in [0, 0.1) is 5.92 Å². The highest BCUT2D eigenvalue weighted by molar-refractivity contribution is 5.95. The number of pyridine rings is 1. The van der Waals surface area contributed by atoms with Gasteiger partial charge in [0.25, 0.3) is 5.91 Å². The molecule has 0 spiro atoms. The van der Waals surface area contributed by atoms with Gasteiger partial charge in [-0.25, -0.2) is 9.97 Å². The van der Waals surface area contributed by atoms with Crippen LogP contribution in [0.4, 0.5) is 0 Å². The Kier molecular flexibility index (Phi) is 4.71. The van der Waals surface area contributed by atoms with Gasteiger partial charge in [0.1, 0.15) is 0 Å². The van der Waals surface area contributed by atoms with E-state index in [1.807, 2.05) is 53.8 Å². The number of imidazole rings is 1. The molecule has 0 radical (unpaired) electrons. The summed E-state index contributed by atoms with van der Waals surface area (Å²) in [5.74, 6) is 1.41. The minimum absolute atomic E-state index is 0.0487. The molecule has 0 N–H and O–H groups in total. The molecule has 6 heteroatoms. The van der Waals surface area contributed by atoms with Gasteiger partial charge in [0.2, 0.25) is 5.78 Å². The molecule has 7 rings (SSSR count). The summed E-state index contributed by atoms with van der Waals surface area (Å²) in [6.07, 6.45) is 11.1. The van der Waals surface area contributed by atoms with Gasteiger partial charge in [-0.1, -0.05) is 31.2 Å². The number of rotatable bonds is 4. The van der Waals surface area contributed by atoms with E-state index in [1.54, 1.807) is 0 Å². The van der Waals surface area contributed by atoms with Crippen LogP contribution in [0.2, 0.25) is 0 Å². The summed E-state index contributed by atoms with van der Waals surface area (Å²) in [7, 11) is 0. The molecule has 1 aliphatic carbocycles. The van der Waals surface area contributed by atoms with Crippen molar-refractivity contribution in [2.24, 2.45) is 5.92 Å². The maximum Gasteiger partial charge on any atom is 0.253 e. The second-order valence-corrected chi connectivity index (χ2v) is 10.4. The molecule has 2 fully saturated rings. The van der Waals surface area contributed by atoms with Gasteiger partial charge in [-0.3, -0.25) is 14.2 Å². The second-order valence-electron chi connectivity index (χ2n) is 10.4. The lowest BCUT2D eigenvalue weighted by Crippen LogP contribution is -2.28. The molecule has 1 amide bonds. The van der Waals surface area contributed by atoms with Gasteiger partial charge in [-0.15, -0.1) is 0 Å². The summed E-state index contributed by atoms with van der Waals surface area (Å²) in [5, 5.41) is 1.16. The van der Waals surface area contributed by atoms with Gasteiger partial charge in [0, 0.05) is 53.6 Å². The van der Waals surface area contributed by atoms with Crippen molar-refractivity contribution in [3.8, 4) is 11.1 Å². The lowest BCUT2D eigenvalue weighted by Gasteiger charge is -2.17. The highest BCUT2D eigenvalue weighted by Crippen LogP contribution is 2.53. The molecule has 6 nitrogen and oxygen atoms in total. The van der Waals surface area contributed by atoms with Gasteiger partial charge >= 0.3 is 0 Å². The summed E-state index contributed by atoms with van der Waals surface area (Å²) >= 11 is 0. The Morgan fingerprint density at radius 1 is 0.972 bits per heavy atom. The van der Waals surface area contributed by atoms with Crippen LogP contribution in [0.15, 0.2) is 79.4 Å². The number of carbonyl (C=O) groups excluding carboxylic acids is 1. The van der Waals surface area contributed by atoms with Crippen molar-refractivity contribution in [1.82, 2.24) is 24.3 Å². The number of carbonyl (C=O) groups is 1. The van der Waals surface area contributed by atoms with Gasteiger partial charge in [0.05, 0.1) is 17.4 Å². The van der Waals surface area contributed by atoms with Crippen LogP contribution in [0.5, 0.6) is 0 Å². The Morgan fingerprint density at radius 2 is 1.81 bits per heavy atom. The fraction of sp³-hybridized carbons (Fsp3) is 0.267. The zero-order valence-corrected chi connectivity index (χ0v) is 20.3. The molecule has 36 heavy (non-hydrogen) atoms. The van der Waals surface area contributed by atoms with Crippen LogP contribution in [-0.4, -0.2) is 43.2 Å². The van der Waals surface area contributed by atoms with Gasteiger partial charge in [-0.2, -0.15) is 0 Å². The maximum atomic E-state index is 12.9. The topological polar surface area (TPSA) is 63.4 Å². The zero-order chi connectivity index (χ0) is 24.3. The van der Waals surface area contributed by atoms with Crippen molar-refractivity contribution >= 4 is 22.6 Å². The Balaban J connectivity index is 1.22. The number of fused-ring (bicyclic) bond motifs is 2. The first-order chi connectivity index (χ1) is 17.6. The van der Waals surface area contributed by atoms with Crippen molar-refractivity contribution in [1.29, 1.82) is 0 Å². The Hall–Kier alpha value is -4.06. The van der Waals surface area contributed by atoms with Crippen molar-refractivity contribution in [3.05, 3.63) is 96.2 Å². The quantitative estimate of drug-likeness (QED) is 0.345. The largest absolute Gasteiger partial charge is 0.338 e. The van der Waals surface area contributed by atoms with E-state index in [-0.39, 0.29) is 11.3 Å². The third-order valence-corrected chi connectivity index (χ3v) is 7.94. The first-order valence-corrected chi connectivity index (χ1v) is 12.7. The summed E-state index contributed by atoms with van der Waals surface area (Å²) in [6, 6.07) is 18.6. The molecule has 3 aromatic heterocycles. The van der Waals surface area contributed by atoms with E-state index in [0.717, 1.165) is 59.9 Å². The van der Waals surface area contributed by atoms with Gasteiger partial charge in [-0.05, 0) is 66.6 Å². The molecule has 1 saturated carbocycles. The second kappa shape index (κ2) is 7.98. The number of benzene rings is 2. The van der Waals surface area contributed by atoms with E-state index >= 15 is 0 Å². The third kappa shape index (κ3) is 3.40. The Bertz CT molecular complexity index is 1620. The van der Waals surface area contributed by atoms with Crippen LogP contribution in [-0.2, 0) is 5.41 Å². The predicted octanol–water partition coefficient (Wildman–Crippen LogP) is 5.51. The van der Waals surface area contributed by atoms with Gasteiger partial charge < -0.3 is 4.90 Å². The first kappa shape index (κ1) is 21.2. The lowest BCUT2D eigenvalue weighted by atomic mass is 9.91. The SMILES string of the molecule is C[C@H]1CCN(C(=O)c2ccc(-c3cnc4ncc(C5(c6ccc7ncccc7c6)CC5)n4c3)cc2)C1. The maximum absolute atomic E-state index is 12.9. The third-order valence-electron chi connectivity index (χ3n) is 7.94. The average molecular weight is 474 g/mol. The predicted molar refractivity (Wildman–Crippen MR) is 140 cm³/mol. The van der Waals surface area contributed by atoms with Crippen LogP contribution >= 0.6 is 0 Å². The summed E-state index contributed by atoms with van der Waals surface area (Å²) in [6.45, 7) is 3.90. The molecule has 4 heterocycles. The number of hydrogen-bond donors (Lipinski definition) is 0. The monoisotopic (exact) mass is 473 g/mol. The minimum atomic E-state index is -0.0487. The van der Waals surface area contributed by atoms with E-state index in [2.05, 4.69) is 56.7 Å². The Labute approximate surface area is 209 Å². The number of nitrogens with zero attached hydrogens (tertiary/aromatic N) is 5. The minimum Gasteiger partial charge on any atom is -0.338 e. The first-order valence-electron chi connectivity index (χ1n) is 12.7. The summed E-state index contributed by atoms with van der Waals surface area (Å²) < 4.78 is 2.14. The fourth-order valence-electron chi connectivity index (χ4n) is 5.68. The molecule has 1 saturated heterocycles. The summed E-state index contributed by atoms with van der Waals surface area (Å²) in [4.78, 5) is 28.6. The molecular formula is C30H27N5O. The molecule has 0 unspecified atom stereocenters. The molecule has 1 aliphatic heterocycles. The normalized spacial score (nSPS) is 18.7. The van der Waals surface area contributed by atoms with Crippen LogP contribution in [0.3, 0.4) is 0 Å². The van der Waals surface area contributed by atoms with E-state index in [1.165, 1.54) is 11.3 Å². The summed E-state index contributed by atoms with van der Waals surface area (Å²) in [5.41, 5.74) is 6.23. The number of aromatic nitrogens is 4. The molecular weight excluding hydrogens is 446 g/mol. The highest BCUT2D eigenvalue weighted by Gasteiger charge is 2.48. The molecule has 5 aromatic rings. The van der Waals surface area contributed by atoms with E-state index < -0.39 is 0 Å². The molecule has 2 aromatic carbocycles. The van der Waals surface area contributed by atoms with E-state index in [9.17, 15) is 4.79 Å². The van der Waals surface area contributed by atoms with Crippen LogP contribution in [0.25, 0.3) is 27.8 Å². The van der Waals surface area contributed by atoms with Crippen molar-refractivity contribution in [3.63, 3.8) is 0 Å².